The Kier molecular flexibility index (Phi) is 7.97. The molecular formula is C27H34N2O3. The van der Waals surface area contributed by atoms with Gasteiger partial charge in [-0.3, -0.25) is 4.79 Å². The van der Waals surface area contributed by atoms with Gasteiger partial charge >= 0.3 is 0 Å². The van der Waals surface area contributed by atoms with Crippen LogP contribution in [0.1, 0.15) is 41.6 Å². The Balaban J connectivity index is 1.15. The lowest BCUT2D eigenvalue weighted by Gasteiger charge is -2.32. The molecule has 1 fully saturated rings. The maximum Gasteiger partial charge on any atom is 0.196 e. The van der Waals surface area contributed by atoms with Gasteiger partial charge in [0.25, 0.3) is 0 Å². The Hall–Kier alpha value is -2.63. The minimum atomic E-state index is 0.0415. The molecule has 4 rings (SSSR count). The van der Waals surface area contributed by atoms with Crippen molar-refractivity contribution in [2.75, 3.05) is 53.0 Å². The number of hydrogen-bond donors (Lipinski definition) is 0. The molecule has 0 spiro atoms. The summed E-state index contributed by atoms with van der Waals surface area (Å²) in [4.78, 5) is 17.6. The summed E-state index contributed by atoms with van der Waals surface area (Å²) in [6, 6.07) is 15.3. The number of ketones is 1. The second-order valence-corrected chi connectivity index (χ2v) is 8.76. The van der Waals surface area contributed by atoms with E-state index in [1.165, 1.54) is 52.0 Å². The molecule has 0 unspecified atom stereocenters. The molecule has 2 heterocycles. The summed E-state index contributed by atoms with van der Waals surface area (Å²) < 4.78 is 11.6. The average Bonchev–Trinajstić information content (AvgIpc) is 2.82. The highest BCUT2D eigenvalue weighted by Gasteiger charge is 2.22. The fourth-order valence-electron chi connectivity index (χ4n) is 4.20. The van der Waals surface area contributed by atoms with Crippen LogP contribution in [0.3, 0.4) is 0 Å². The zero-order valence-corrected chi connectivity index (χ0v) is 19.1. The van der Waals surface area contributed by atoms with Crippen LogP contribution < -0.4 is 9.47 Å². The Morgan fingerprint density at radius 2 is 1.69 bits per heavy atom. The molecule has 0 N–H and O–H groups in total. The molecule has 2 aromatic rings. The molecule has 2 aliphatic heterocycles. The Morgan fingerprint density at radius 3 is 2.50 bits per heavy atom. The molecule has 0 atom stereocenters. The van der Waals surface area contributed by atoms with E-state index in [-0.39, 0.29) is 5.78 Å². The summed E-state index contributed by atoms with van der Waals surface area (Å²) in [5.41, 5.74) is 2.29. The monoisotopic (exact) mass is 434 g/mol. The van der Waals surface area contributed by atoms with E-state index in [9.17, 15) is 4.79 Å². The number of piperazine rings is 1. The van der Waals surface area contributed by atoms with Crippen LogP contribution in [-0.2, 0) is 0 Å². The largest absolute Gasteiger partial charge is 0.494 e. The Morgan fingerprint density at radius 1 is 0.938 bits per heavy atom. The van der Waals surface area contributed by atoms with Crippen molar-refractivity contribution >= 4 is 11.9 Å². The van der Waals surface area contributed by atoms with E-state index >= 15 is 0 Å². The third-order valence-corrected chi connectivity index (χ3v) is 6.26. The molecule has 5 heteroatoms. The molecule has 0 amide bonds. The fourth-order valence-corrected chi connectivity index (χ4v) is 4.20. The van der Waals surface area contributed by atoms with Crippen molar-refractivity contribution in [2.45, 2.75) is 25.7 Å². The summed E-state index contributed by atoms with van der Waals surface area (Å²) >= 11 is 0. The van der Waals surface area contributed by atoms with Gasteiger partial charge in [0, 0.05) is 31.8 Å². The number of rotatable bonds is 9. The van der Waals surface area contributed by atoms with E-state index < -0.39 is 0 Å². The lowest BCUT2D eigenvalue weighted by atomic mass is 9.98. The molecular weight excluding hydrogens is 400 g/mol. The number of carbonyl (C=O) groups is 1. The van der Waals surface area contributed by atoms with Gasteiger partial charge in [0.15, 0.2) is 5.78 Å². The maximum atomic E-state index is 12.7. The van der Waals surface area contributed by atoms with Crippen molar-refractivity contribution in [1.82, 2.24) is 9.80 Å². The summed E-state index contributed by atoms with van der Waals surface area (Å²) in [7, 11) is 2.20. The van der Waals surface area contributed by atoms with Gasteiger partial charge < -0.3 is 19.3 Å². The van der Waals surface area contributed by atoms with Gasteiger partial charge in [0.2, 0.25) is 0 Å². The van der Waals surface area contributed by atoms with Crippen LogP contribution in [0, 0.1) is 0 Å². The minimum absolute atomic E-state index is 0.0415. The predicted octanol–water partition coefficient (Wildman–Crippen LogP) is 4.53. The maximum absolute atomic E-state index is 12.7. The van der Waals surface area contributed by atoms with E-state index in [1.54, 1.807) is 0 Å². The zero-order valence-electron chi connectivity index (χ0n) is 19.1. The van der Waals surface area contributed by atoms with Crippen molar-refractivity contribution in [3.63, 3.8) is 0 Å². The molecule has 0 aromatic heterocycles. The van der Waals surface area contributed by atoms with Crippen molar-refractivity contribution in [1.29, 1.82) is 0 Å². The van der Waals surface area contributed by atoms with Gasteiger partial charge in [-0.2, -0.15) is 0 Å². The van der Waals surface area contributed by atoms with Crippen molar-refractivity contribution in [3.8, 4) is 11.5 Å². The zero-order chi connectivity index (χ0) is 22.2. The van der Waals surface area contributed by atoms with Gasteiger partial charge in [-0.1, -0.05) is 37.1 Å². The molecule has 5 nitrogen and oxygen atoms in total. The minimum Gasteiger partial charge on any atom is -0.494 e. The Labute approximate surface area is 191 Å². The molecule has 170 valence electrons. The lowest BCUT2D eigenvalue weighted by molar-refractivity contribution is 0.100. The van der Waals surface area contributed by atoms with Gasteiger partial charge in [-0.15, -0.1) is 0 Å². The van der Waals surface area contributed by atoms with Gasteiger partial charge in [-0.05, 0) is 62.3 Å². The second kappa shape index (κ2) is 11.3. The predicted molar refractivity (Wildman–Crippen MR) is 129 cm³/mol. The SMILES string of the molecule is CN1CCN(CCCCCCOc2ccc(/C=C3\COc4ccccc4C3=O)cc2)CC1. The summed E-state index contributed by atoms with van der Waals surface area (Å²) in [5.74, 6) is 1.58. The average molecular weight is 435 g/mol. The molecule has 1 saturated heterocycles. The number of likely N-dealkylation sites (N-methyl/N-ethyl adjacent to an activating group) is 1. The van der Waals surface area contributed by atoms with E-state index in [1.807, 2.05) is 54.6 Å². The summed E-state index contributed by atoms with van der Waals surface area (Å²) in [6.45, 7) is 7.09. The number of carbonyl (C=O) groups excluding carboxylic acids is 1. The second-order valence-electron chi connectivity index (χ2n) is 8.76. The highest BCUT2D eigenvalue weighted by atomic mass is 16.5. The van der Waals surface area contributed by atoms with Crippen LogP contribution in [0.15, 0.2) is 54.1 Å². The van der Waals surface area contributed by atoms with Crippen LogP contribution in [0.4, 0.5) is 0 Å². The third-order valence-electron chi connectivity index (χ3n) is 6.26. The van der Waals surface area contributed by atoms with Crippen LogP contribution in [-0.4, -0.2) is 68.6 Å². The summed E-state index contributed by atoms with van der Waals surface area (Å²) in [6.07, 6.45) is 6.74. The quantitative estimate of drug-likeness (QED) is 0.428. The van der Waals surface area contributed by atoms with Crippen molar-refractivity contribution in [3.05, 3.63) is 65.2 Å². The number of benzene rings is 2. The number of ether oxygens (including phenoxy) is 2. The fraction of sp³-hybridized carbons (Fsp3) is 0.444. The van der Waals surface area contributed by atoms with Crippen molar-refractivity contribution < 1.29 is 14.3 Å². The Bertz CT molecular complexity index is 915. The molecule has 0 bridgehead atoms. The number of para-hydroxylation sites is 1. The molecule has 2 aliphatic rings. The highest BCUT2D eigenvalue weighted by Crippen LogP contribution is 2.27. The standard InChI is InChI=1S/C27H34N2O3/c1-28-15-17-29(18-16-28)14-6-2-3-7-19-31-24-12-10-22(11-13-24)20-23-21-32-26-9-5-4-8-25(26)27(23)30/h4-5,8-13,20H,2-3,6-7,14-19,21H2,1H3/b23-20+. The highest BCUT2D eigenvalue weighted by molar-refractivity contribution is 6.14. The number of nitrogens with zero attached hydrogens (tertiary/aromatic N) is 2. The lowest BCUT2D eigenvalue weighted by Crippen LogP contribution is -2.44. The number of unbranched alkanes of at least 4 members (excludes halogenated alkanes) is 3. The van der Waals surface area contributed by atoms with Gasteiger partial charge in [0.05, 0.1) is 12.2 Å². The smallest absolute Gasteiger partial charge is 0.196 e. The van der Waals surface area contributed by atoms with Gasteiger partial charge in [0.1, 0.15) is 18.1 Å². The van der Waals surface area contributed by atoms with E-state index in [0.717, 1.165) is 24.3 Å². The normalized spacial score (nSPS) is 18.4. The number of Topliss-reactive ketones (excluding diaryl/α,β-unsaturated/α-hetero) is 1. The van der Waals surface area contributed by atoms with Crippen LogP contribution in [0.2, 0.25) is 0 Å². The molecule has 0 saturated carbocycles. The topological polar surface area (TPSA) is 42.0 Å². The van der Waals surface area contributed by atoms with E-state index in [2.05, 4.69) is 16.8 Å². The first kappa shape index (κ1) is 22.6. The van der Waals surface area contributed by atoms with Crippen LogP contribution >= 0.6 is 0 Å². The first-order valence-electron chi connectivity index (χ1n) is 11.8. The molecule has 2 aromatic carbocycles. The molecule has 0 aliphatic carbocycles. The van der Waals surface area contributed by atoms with Crippen LogP contribution in [0.5, 0.6) is 11.5 Å². The van der Waals surface area contributed by atoms with E-state index in [0.29, 0.717) is 23.5 Å². The number of fused-ring (bicyclic) bond motifs is 1. The van der Waals surface area contributed by atoms with Crippen LogP contribution in [0.25, 0.3) is 6.08 Å². The molecule has 32 heavy (non-hydrogen) atoms. The number of hydrogen-bond acceptors (Lipinski definition) is 5. The van der Waals surface area contributed by atoms with Gasteiger partial charge in [-0.25, -0.2) is 0 Å². The van der Waals surface area contributed by atoms with E-state index in [4.69, 9.17) is 9.47 Å². The third kappa shape index (κ3) is 6.21. The van der Waals surface area contributed by atoms with Crippen molar-refractivity contribution in [2.24, 2.45) is 0 Å². The first-order chi connectivity index (χ1) is 15.7. The summed E-state index contributed by atoms with van der Waals surface area (Å²) in [5, 5.41) is 0. The molecule has 0 radical (unpaired) electrons. The first-order valence-corrected chi connectivity index (χ1v) is 11.8.